The maximum Gasteiger partial charge on any atom is 0.331 e. The van der Waals surface area contributed by atoms with Gasteiger partial charge in [-0.25, -0.2) is 4.79 Å². The molecular formula is C7H6O4S. The molecule has 0 saturated carbocycles. The molecule has 1 aliphatic rings. The number of rotatable bonds is 1. The molecule has 1 N–H and O–H groups in total. The van der Waals surface area contributed by atoms with Crippen molar-refractivity contribution in [2.45, 2.75) is 6.42 Å². The fourth-order valence-corrected chi connectivity index (χ4v) is 1.30. The normalized spacial score (nSPS) is 15.7. The van der Waals surface area contributed by atoms with Gasteiger partial charge in [0.05, 0.1) is 4.86 Å². The van der Waals surface area contributed by atoms with Crippen LogP contribution in [0.3, 0.4) is 0 Å². The van der Waals surface area contributed by atoms with Crippen LogP contribution in [-0.4, -0.2) is 24.4 Å². The summed E-state index contributed by atoms with van der Waals surface area (Å²) in [6.45, 7) is 0. The minimum Gasteiger partial charge on any atom is -0.478 e. The van der Waals surface area contributed by atoms with Crippen LogP contribution in [0.1, 0.15) is 6.42 Å². The number of aliphatic carboxylic acids is 1. The van der Waals surface area contributed by atoms with Crippen LogP contribution >= 0.6 is 0 Å². The molecule has 0 unspecified atom stereocenters. The summed E-state index contributed by atoms with van der Waals surface area (Å²) >= 11 is 0. The van der Waals surface area contributed by atoms with Gasteiger partial charge in [0.25, 0.3) is 0 Å². The fraction of sp³-hybridized carbons (Fsp3) is 0.143. The van der Waals surface area contributed by atoms with E-state index in [0.717, 1.165) is 0 Å². The minimum atomic E-state index is -2.31. The summed E-state index contributed by atoms with van der Waals surface area (Å²) in [4.78, 5) is 10.5. The number of allylic oxidation sites excluding steroid dienone is 3. The standard InChI is InChI=1S/C7H6O4S/c8-7(9)5-2-1-3-6(4-5)12(10)11/h1-3H,4H2,(H,8,9). The van der Waals surface area contributed by atoms with E-state index < -0.39 is 16.3 Å². The van der Waals surface area contributed by atoms with Crippen molar-refractivity contribution in [3.05, 3.63) is 23.8 Å². The second-order valence-electron chi connectivity index (χ2n) is 2.23. The smallest absolute Gasteiger partial charge is 0.331 e. The molecule has 0 radical (unpaired) electrons. The molecule has 0 heterocycles. The van der Waals surface area contributed by atoms with Crippen LogP contribution in [0.15, 0.2) is 23.8 Å². The molecule has 1 rings (SSSR count). The number of hydrogen-bond acceptors (Lipinski definition) is 3. The van der Waals surface area contributed by atoms with Gasteiger partial charge in [0.15, 0.2) is 0 Å². The summed E-state index contributed by atoms with van der Waals surface area (Å²) in [5.74, 6) is -1.08. The molecule has 0 aromatic heterocycles. The Kier molecular flexibility index (Phi) is 2.44. The zero-order valence-electron chi connectivity index (χ0n) is 6.02. The number of carbonyl (C=O) groups is 1. The summed E-state index contributed by atoms with van der Waals surface area (Å²) in [5, 5.41) is 8.52. The van der Waals surface area contributed by atoms with E-state index in [1.54, 1.807) is 0 Å². The summed E-state index contributed by atoms with van der Waals surface area (Å²) in [7, 11) is -2.31. The van der Waals surface area contributed by atoms with Crippen molar-refractivity contribution in [3.8, 4) is 0 Å². The predicted molar refractivity (Wildman–Crippen MR) is 43.4 cm³/mol. The van der Waals surface area contributed by atoms with Gasteiger partial charge in [0.1, 0.15) is 0 Å². The molecule has 64 valence electrons. The summed E-state index contributed by atoms with van der Waals surface area (Å²) < 4.78 is 20.8. The van der Waals surface area contributed by atoms with E-state index >= 15 is 0 Å². The summed E-state index contributed by atoms with van der Waals surface area (Å²) in [6.07, 6.45) is 4.16. The Labute approximate surface area is 70.4 Å². The Morgan fingerprint density at radius 1 is 1.50 bits per heavy atom. The second kappa shape index (κ2) is 3.36. The molecule has 12 heavy (non-hydrogen) atoms. The Morgan fingerprint density at radius 3 is 2.67 bits per heavy atom. The van der Waals surface area contributed by atoms with Gasteiger partial charge in [0, 0.05) is 12.0 Å². The lowest BCUT2D eigenvalue weighted by molar-refractivity contribution is -0.132. The lowest BCUT2D eigenvalue weighted by atomic mass is 10.1. The van der Waals surface area contributed by atoms with E-state index in [1.165, 1.54) is 18.2 Å². The lowest BCUT2D eigenvalue weighted by Gasteiger charge is -2.02. The Hall–Kier alpha value is -1.36. The molecule has 0 amide bonds. The van der Waals surface area contributed by atoms with Gasteiger partial charge < -0.3 is 5.11 Å². The van der Waals surface area contributed by atoms with Gasteiger partial charge in [0.2, 0.25) is 10.3 Å². The summed E-state index contributed by atoms with van der Waals surface area (Å²) in [6, 6.07) is 0. The third kappa shape index (κ3) is 1.82. The van der Waals surface area contributed by atoms with Crippen LogP contribution < -0.4 is 0 Å². The SMILES string of the molecule is O=C(O)C1=CC=CC(=S(=O)=O)C1. The lowest BCUT2D eigenvalue weighted by Crippen LogP contribution is -2.09. The zero-order valence-corrected chi connectivity index (χ0v) is 6.84. The Bertz CT molecular complexity index is 389. The fourth-order valence-electron chi connectivity index (χ4n) is 0.839. The third-order valence-corrected chi connectivity index (χ3v) is 2.14. The highest BCUT2D eigenvalue weighted by Crippen LogP contribution is 2.09. The van der Waals surface area contributed by atoms with Crippen molar-refractivity contribution in [2.75, 3.05) is 0 Å². The maximum atomic E-state index is 10.4. The van der Waals surface area contributed by atoms with E-state index in [-0.39, 0.29) is 16.9 Å². The van der Waals surface area contributed by atoms with Gasteiger partial charge in [-0.2, -0.15) is 8.42 Å². The van der Waals surface area contributed by atoms with Crippen molar-refractivity contribution in [2.24, 2.45) is 0 Å². The Morgan fingerprint density at radius 2 is 2.17 bits per heavy atom. The third-order valence-electron chi connectivity index (χ3n) is 1.43. The first-order valence-electron chi connectivity index (χ1n) is 3.17. The predicted octanol–water partition coefficient (Wildman–Crippen LogP) is 0.00880. The first kappa shape index (κ1) is 8.73. The van der Waals surface area contributed by atoms with Gasteiger partial charge in [-0.3, -0.25) is 0 Å². The van der Waals surface area contributed by atoms with E-state index in [9.17, 15) is 13.2 Å². The molecule has 0 aromatic rings. The first-order chi connectivity index (χ1) is 5.61. The van der Waals surface area contributed by atoms with Gasteiger partial charge in [-0.1, -0.05) is 12.2 Å². The maximum absolute atomic E-state index is 10.4. The molecule has 0 bridgehead atoms. The average molecular weight is 186 g/mol. The molecule has 0 atom stereocenters. The first-order valence-corrected chi connectivity index (χ1v) is 4.24. The van der Waals surface area contributed by atoms with Crippen molar-refractivity contribution < 1.29 is 18.3 Å². The van der Waals surface area contributed by atoms with E-state index in [0.29, 0.717) is 0 Å². The topological polar surface area (TPSA) is 71.4 Å². The Balaban J connectivity index is 3.05. The molecule has 1 aliphatic carbocycles. The zero-order chi connectivity index (χ0) is 9.14. The van der Waals surface area contributed by atoms with Crippen LogP contribution in [0.25, 0.3) is 0 Å². The number of carboxylic acids is 1. The van der Waals surface area contributed by atoms with Crippen molar-refractivity contribution in [1.29, 1.82) is 0 Å². The van der Waals surface area contributed by atoms with Crippen LogP contribution in [0, 0.1) is 0 Å². The minimum absolute atomic E-state index is 0.0258. The highest BCUT2D eigenvalue weighted by molar-refractivity contribution is 7.73. The monoisotopic (exact) mass is 186 g/mol. The highest BCUT2D eigenvalue weighted by atomic mass is 32.2. The van der Waals surface area contributed by atoms with Crippen LogP contribution in [0.4, 0.5) is 0 Å². The van der Waals surface area contributed by atoms with Crippen LogP contribution in [-0.2, 0) is 15.1 Å². The number of hydrogen-bond donors (Lipinski definition) is 1. The van der Waals surface area contributed by atoms with Crippen molar-refractivity contribution in [3.63, 3.8) is 0 Å². The molecule has 0 aliphatic heterocycles. The highest BCUT2D eigenvalue weighted by Gasteiger charge is 2.12. The largest absolute Gasteiger partial charge is 0.478 e. The van der Waals surface area contributed by atoms with Crippen molar-refractivity contribution in [1.82, 2.24) is 0 Å². The molecule has 5 heteroatoms. The van der Waals surface area contributed by atoms with Crippen LogP contribution in [0.2, 0.25) is 0 Å². The molecule has 0 fully saturated rings. The van der Waals surface area contributed by atoms with E-state index in [4.69, 9.17) is 5.11 Å². The molecule has 4 nitrogen and oxygen atoms in total. The van der Waals surface area contributed by atoms with Crippen LogP contribution in [0.5, 0.6) is 0 Å². The van der Waals surface area contributed by atoms with E-state index in [2.05, 4.69) is 0 Å². The molecule has 0 spiro atoms. The molecule has 0 aromatic carbocycles. The quantitative estimate of drug-likeness (QED) is 0.585. The molecular weight excluding hydrogens is 180 g/mol. The van der Waals surface area contributed by atoms with Gasteiger partial charge in [-0.05, 0) is 6.08 Å². The molecule has 0 saturated heterocycles. The van der Waals surface area contributed by atoms with E-state index in [1.807, 2.05) is 0 Å². The summed E-state index contributed by atoms with van der Waals surface area (Å²) in [5.41, 5.74) is 0.0942. The number of carboxylic acid groups (broad SMARTS) is 1. The van der Waals surface area contributed by atoms with Gasteiger partial charge >= 0.3 is 5.97 Å². The van der Waals surface area contributed by atoms with Gasteiger partial charge in [-0.15, -0.1) is 0 Å². The average Bonchev–Trinajstić information content (AvgIpc) is 2.04. The second-order valence-corrected chi connectivity index (χ2v) is 3.23. The van der Waals surface area contributed by atoms with Crippen molar-refractivity contribution >= 4 is 21.1 Å².